The van der Waals surface area contributed by atoms with Crippen LogP contribution in [-0.2, 0) is 17.0 Å². The van der Waals surface area contributed by atoms with Crippen LogP contribution in [0.2, 0.25) is 0 Å². The lowest BCUT2D eigenvalue weighted by Crippen LogP contribution is -2.10. The van der Waals surface area contributed by atoms with Gasteiger partial charge in [-0.05, 0) is 41.0 Å². The normalized spacial score (nSPS) is 16.0. The van der Waals surface area contributed by atoms with E-state index in [0.29, 0.717) is 12.5 Å². The first-order valence-corrected chi connectivity index (χ1v) is 8.31. The molecule has 0 radical (unpaired) electrons. The van der Waals surface area contributed by atoms with Crippen molar-refractivity contribution in [2.75, 3.05) is 0 Å². The minimum Gasteiger partial charge on any atom is -0.358 e. The summed E-state index contributed by atoms with van der Waals surface area (Å²) in [4.78, 5) is 0. The number of nitrogens with zero attached hydrogens (tertiary/aromatic N) is 4. The van der Waals surface area contributed by atoms with Gasteiger partial charge in [0, 0.05) is 5.92 Å². The van der Waals surface area contributed by atoms with Gasteiger partial charge in [0.05, 0.1) is 6.54 Å². The van der Waals surface area contributed by atoms with Crippen molar-refractivity contribution in [2.45, 2.75) is 38.1 Å². The molecule has 0 N–H and O–H groups in total. The SMILES string of the molecule is O=S(=O)(F)Oc1ccc(Cn2nnnc2C2CCCC2)cc1. The van der Waals surface area contributed by atoms with E-state index in [9.17, 15) is 12.3 Å². The van der Waals surface area contributed by atoms with Gasteiger partial charge in [-0.25, -0.2) is 4.68 Å². The Kier molecular flexibility index (Phi) is 4.06. The van der Waals surface area contributed by atoms with Crippen molar-refractivity contribution in [1.29, 1.82) is 0 Å². The summed E-state index contributed by atoms with van der Waals surface area (Å²) < 4.78 is 39.2. The molecular weight excluding hydrogens is 311 g/mol. The van der Waals surface area contributed by atoms with E-state index in [0.717, 1.165) is 24.2 Å². The zero-order chi connectivity index (χ0) is 15.6. The molecule has 0 aliphatic heterocycles. The Labute approximate surface area is 127 Å². The zero-order valence-electron chi connectivity index (χ0n) is 11.7. The summed E-state index contributed by atoms with van der Waals surface area (Å²) in [6.45, 7) is 0.474. The predicted octanol–water partition coefficient (Wildman–Crippen LogP) is 1.97. The van der Waals surface area contributed by atoms with Crippen molar-refractivity contribution in [1.82, 2.24) is 20.2 Å². The van der Waals surface area contributed by atoms with Crippen molar-refractivity contribution in [2.24, 2.45) is 0 Å². The fraction of sp³-hybridized carbons (Fsp3) is 0.462. The van der Waals surface area contributed by atoms with Gasteiger partial charge in [0.25, 0.3) is 0 Å². The van der Waals surface area contributed by atoms with E-state index in [1.807, 2.05) is 0 Å². The van der Waals surface area contributed by atoms with Crippen LogP contribution in [0.1, 0.15) is 43.0 Å². The van der Waals surface area contributed by atoms with Gasteiger partial charge in [-0.1, -0.05) is 28.9 Å². The molecule has 1 saturated carbocycles. The molecular formula is C13H15FN4O3S. The molecule has 3 rings (SSSR count). The van der Waals surface area contributed by atoms with Gasteiger partial charge in [-0.2, -0.15) is 8.42 Å². The number of aromatic nitrogens is 4. The average Bonchev–Trinajstić information content (AvgIpc) is 3.10. The molecule has 9 heteroatoms. The molecule has 1 aromatic heterocycles. The van der Waals surface area contributed by atoms with Gasteiger partial charge < -0.3 is 4.18 Å². The second-order valence-electron chi connectivity index (χ2n) is 5.30. The second-order valence-corrected chi connectivity index (χ2v) is 6.25. The fourth-order valence-corrected chi connectivity index (χ4v) is 3.08. The Balaban J connectivity index is 1.72. The van der Waals surface area contributed by atoms with E-state index in [2.05, 4.69) is 19.7 Å². The molecule has 0 unspecified atom stereocenters. The Morgan fingerprint density at radius 2 is 1.91 bits per heavy atom. The number of hydrogen-bond donors (Lipinski definition) is 0. The van der Waals surface area contributed by atoms with Gasteiger partial charge in [0.2, 0.25) is 0 Å². The number of rotatable bonds is 5. The molecule has 2 aromatic rings. The summed E-state index contributed by atoms with van der Waals surface area (Å²) in [5.74, 6) is 1.21. The van der Waals surface area contributed by atoms with E-state index in [1.165, 1.54) is 25.0 Å². The van der Waals surface area contributed by atoms with Crippen LogP contribution in [-0.4, -0.2) is 28.6 Å². The molecule has 0 bridgehead atoms. The third kappa shape index (κ3) is 3.59. The number of benzene rings is 1. The minimum absolute atomic E-state index is 0.0704. The van der Waals surface area contributed by atoms with Crippen molar-refractivity contribution in [3.05, 3.63) is 35.7 Å². The molecule has 0 saturated heterocycles. The summed E-state index contributed by atoms with van der Waals surface area (Å²) in [5.41, 5.74) is 0.871. The molecule has 0 spiro atoms. The molecule has 22 heavy (non-hydrogen) atoms. The first-order valence-electron chi connectivity index (χ1n) is 7.00. The maximum absolute atomic E-state index is 12.4. The maximum Gasteiger partial charge on any atom is 0.488 e. The lowest BCUT2D eigenvalue weighted by molar-refractivity contribution is 0.440. The summed E-state index contributed by atoms with van der Waals surface area (Å²) >= 11 is 0. The highest BCUT2D eigenvalue weighted by atomic mass is 32.3. The molecule has 7 nitrogen and oxygen atoms in total. The molecule has 1 aliphatic rings. The van der Waals surface area contributed by atoms with Crippen molar-refractivity contribution >= 4 is 10.5 Å². The quantitative estimate of drug-likeness (QED) is 0.781. The predicted molar refractivity (Wildman–Crippen MR) is 75.2 cm³/mol. The lowest BCUT2D eigenvalue weighted by Gasteiger charge is -2.09. The molecule has 0 amide bonds. The highest BCUT2D eigenvalue weighted by molar-refractivity contribution is 7.81. The summed E-state index contributed by atoms with van der Waals surface area (Å²) in [6, 6.07) is 6.10. The topological polar surface area (TPSA) is 87.0 Å². The molecule has 1 aromatic carbocycles. The van der Waals surface area contributed by atoms with E-state index in [1.54, 1.807) is 16.8 Å². The molecule has 0 atom stereocenters. The largest absolute Gasteiger partial charge is 0.488 e. The third-order valence-corrected chi connectivity index (χ3v) is 4.12. The summed E-state index contributed by atoms with van der Waals surface area (Å²) in [5, 5.41) is 11.9. The van der Waals surface area contributed by atoms with Gasteiger partial charge in [-0.3, -0.25) is 0 Å². The van der Waals surface area contributed by atoms with Crippen LogP contribution in [0, 0.1) is 0 Å². The van der Waals surface area contributed by atoms with Crippen LogP contribution in [0.15, 0.2) is 24.3 Å². The van der Waals surface area contributed by atoms with Crippen LogP contribution < -0.4 is 4.18 Å². The first-order chi connectivity index (χ1) is 10.5. The second kappa shape index (κ2) is 5.99. The molecule has 1 aliphatic carbocycles. The van der Waals surface area contributed by atoms with Gasteiger partial charge in [0.1, 0.15) is 5.75 Å². The standard InChI is InChI=1S/C13H15FN4O3S/c14-22(19,20)21-12-7-5-10(6-8-12)9-18-13(15-16-17-18)11-3-1-2-4-11/h5-8,11H,1-4,9H2. The highest BCUT2D eigenvalue weighted by Gasteiger charge is 2.23. The van der Waals surface area contributed by atoms with Crippen LogP contribution in [0.3, 0.4) is 0 Å². The van der Waals surface area contributed by atoms with Crippen molar-refractivity contribution in [3.63, 3.8) is 0 Å². The molecule has 1 fully saturated rings. The molecule has 1 heterocycles. The van der Waals surface area contributed by atoms with Gasteiger partial charge in [-0.15, -0.1) is 5.10 Å². The van der Waals surface area contributed by atoms with Crippen LogP contribution in [0.4, 0.5) is 3.89 Å². The minimum atomic E-state index is -5.00. The Morgan fingerprint density at radius 3 is 2.55 bits per heavy atom. The van der Waals surface area contributed by atoms with E-state index in [-0.39, 0.29) is 5.75 Å². The summed E-state index contributed by atoms with van der Waals surface area (Å²) in [6.07, 6.45) is 4.59. The number of tetrazole rings is 1. The van der Waals surface area contributed by atoms with Gasteiger partial charge in [0.15, 0.2) is 5.82 Å². The lowest BCUT2D eigenvalue weighted by atomic mass is 10.1. The Morgan fingerprint density at radius 1 is 1.23 bits per heavy atom. The zero-order valence-corrected chi connectivity index (χ0v) is 12.5. The average molecular weight is 326 g/mol. The first kappa shape index (κ1) is 14.9. The summed E-state index contributed by atoms with van der Waals surface area (Å²) in [7, 11) is -5.00. The third-order valence-electron chi connectivity index (χ3n) is 3.73. The van der Waals surface area contributed by atoms with E-state index in [4.69, 9.17) is 0 Å². The Hall–Kier alpha value is -2.03. The maximum atomic E-state index is 12.4. The van der Waals surface area contributed by atoms with Crippen molar-refractivity contribution in [3.8, 4) is 5.75 Å². The number of hydrogen-bond acceptors (Lipinski definition) is 6. The van der Waals surface area contributed by atoms with Crippen molar-refractivity contribution < 1.29 is 16.5 Å². The highest BCUT2D eigenvalue weighted by Crippen LogP contribution is 2.32. The smallest absolute Gasteiger partial charge is 0.358 e. The van der Waals surface area contributed by atoms with Crippen LogP contribution in [0.25, 0.3) is 0 Å². The van der Waals surface area contributed by atoms with Crippen LogP contribution >= 0.6 is 0 Å². The van der Waals surface area contributed by atoms with Crippen LogP contribution in [0.5, 0.6) is 5.75 Å². The monoisotopic (exact) mass is 326 g/mol. The van der Waals surface area contributed by atoms with Gasteiger partial charge >= 0.3 is 10.5 Å². The fourth-order valence-electron chi connectivity index (χ4n) is 2.74. The van der Waals surface area contributed by atoms with E-state index >= 15 is 0 Å². The number of halogens is 1. The Bertz CT molecular complexity index is 739. The molecule has 118 valence electrons. The van der Waals surface area contributed by atoms with E-state index < -0.39 is 10.5 Å².